The Morgan fingerprint density at radius 2 is 1.88 bits per heavy atom. The molecule has 3 aliphatic rings. The summed E-state index contributed by atoms with van der Waals surface area (Å²) in [5, 5.41) is 3.28. The average Bonchev–Trinajstić information content (AvgIpc) is 3.38. The van der Waals surface area contributed by atoms with Gasteiger partial charge in [0, 0.05) is 18.1 Å². The molecule has 24 heavy (non-hydrogen) atoms. The molecule has 3 fully saturated rings. The van der Waals surface area contributed by atoms with Gasteiger partial charge in [-0.3, -0.25) is 4.79 Å². The maximum absolute atomic E-state index is 12.8. The molecule has 4 heteroatoms. The summed E-state index contributed by atoms with van der Waals surface area (Å²) in [6, 6.07) is 9.21. The van der Waals surface area contributed by atoms with Gasteiger partial charge in [-0.15, -0.1) is 0 Å². The number of hydrogen-bond donors (Lipinski definition) is 1. The summed E-state index contributed by atoms with van der Waals surface area (Å²) in [5.41, 5.74) is 0.683. The Kier molecular flexibility index (Phi) is 4.49. The number of carbonyl (C=O) groups is 1. The third kappa shape index (κ3) is 3.44. The zero-order valence-corrected chi connectivity index (χ0v) is 14.5. The van der Waals surface area contributed by atoms with Gasteiger partial charge in [0.1, 0.15) is 5.75 Å². The molecule has 1 aromatic rings. The molecule has 2 saturated heterocycles. The van der Waals surface area contributed by atoms with Crippen LogP contribution in [0.25, 0.3) is 0 Å². The Morgan fingerprint density at radius 1 is 1.17 bits per heavy atom. The summed E-state index contributed by atoms with van der Waals surface area (Å²) in [6.45, 7) is 0.739. The highest BCUT2D eigenvalue weighted by atomic mass is 16.5. The zero-order valence-electron chi connectivity index (χ0n) is 14.5. The van der Waals surface area contributed by atoms with Crippen molar-refractivity contribution in [2.45, 2.75) is 63.1 Å². The Balaban J connectivity index is 1.40. The molecule has 1 N–H and O–H groups in total. The van der Waals surface area contributed by atoms with Crippen LogP contribution in [0.5, 0.6) is 5.75 Å². The summed E-state index contributed by atoms with van der Waals surface area (Å²) in [6.07, 6.45) is 8.52. The van der Waals surface area contributed by atoms with Crippen molar-refractivity contribution in [2.24, 2.45) is 5.92 Å². The van der Waals surface area contributed by atoms with Gasteiger partial charge in [0.2, 0.25) is 0 Å². The Hall–Kier alpha value is -1.55. The molecule has 1 aromatic carbocycles. The van der Waals surface area contributed by atoms with Crippen molar-refractivity contribution in [2.75, 3.05) is 13.7 Å². The van der Waals surface area contributed by atoms with Crippen molar-refractivity contribution in [3.63, 3.8) is 0 Å². The summed E-state index contributed by atoms with van der Waals surface area (Å²) in [5.74, 6) is 1.44. The van der Waals surface area contributed by atoms with Crippen LogP contribution in [0.3, 0.4) is 0 Å². The summed E-state index contributed by atoms with van der Waals surface area (Å²) < 4.78 is 5.89. The van der Waals surface area contributed by atoms with E-state index < -0.39 is 0 Å². The van der Waals surface area contributed by atoms with E-state index in [0.717, 1.165) is 25.2 Å². The number of amides is 1. The standard InChI is InChI=1S/C20H28N2O2/c1-22-16-5-4-6-17(22)12-15(11-16)21-20(23)18-7-2-3-8-19(18)24-13-14-9-10-14/h2-3,7-8,14-17H,4-6,9-13H2,1H3,(H,21,23). The van der Waals surface area contributed by atoms with Crippen LogP contribution in [-0.2, 0) is 0 Å². The monoisotopic (exact) mass is 328 g/mol. The van der Waals surface area contributed by atoms with Gasteiger partial charge in [0.05, 0.1) is 12.2 Å². The first kappa shape index (κ1) is 15.9. The van der Waals surface area contributed by atoms with Crippen molar-refractivity contribution in [3.05, 3.63) is 29.8 Å². The van der Waals surface area contributed by atoms with Gasteiger partial charge in [-0.1, -0.05) is 18.6 Å². The lowest BCUT2D eigenvalue weighted by molar-refractivity contribution is 0.0462. The van der Waals surface area contributed by atoms with Crippen LogP contribution >= 0.6 is 0 Å². The number of hydrogen-bond acceptors (Lipinski definition) is 3. The zero-order chi connectivity index (χ0) is 16.5. The lowest BCUT2D eigenvalue weighted by Crippen LogP contribution is -2.55. The number of carbonyl (C=O) groups excluding carboxylic acids is 1. The molecular weight excluding hydrogens is 300 g/mol. The highest BCUT2D eigenvalue weighted by Crippen LogP contribution is 2.33. The molecule has 130 valence electrons. The van der Waals surface area contributed by atoms with Crippen LogP contribution in [0, 0.1) is 5.92 Å². The van der Waals surface area contributed by atoms with E-state index in [2.05, 4.69) is 17.3 Å². The molecule has 4 nitrogen and oxygen atoms in total. The van der Waals surface area contributed by atoms with E-state index in [4.69, 9.17) is 4.74 Å². The fourth-order valence-electron chi connectivity index (χ4n) is 4.27. The number of rotatable bonds is 5. The summed E-state index contributed by atoms with van der Waals surface area (Å²) in [4.78, 5) is 15.3. The maximum Gasteiger partial charge on any atom is 0.255 e. The van der Waals surface area contributed by atoms with E-state index in [-0.39, 0.29) is 5.91 Å². The quantitative estimate of drug-likeness (QED) is 0.902. The first-order valence-electron chi connectivity index (χ1n) is 9.45. The molecule has 0 radical (unpaired) electrons. The van der Waals surface area contributed by atoms with Gasteiger partial charge >= 0.3 is 0 Å². The minimum atomic E-state index is 0.0222. The lowest BCUT2D eigenvalue weighted by Gasteiger charge is -2.47. The number of piperidine rings is 2. The molecule has 2 unspecified atom stereocenters. The fourth-order valence-corrected chi connectivity index (χ4v) is 4.27. The summed E-state index contributed by atoms with van der Waals surface area (Å²) in [7, 11) is 2.24. The van der Waals surface area contributed by atoms with Gasteiger partial charge in [-0.2, -0.15) is 0 Å². The van der Waals surface area contributed by atoms with Crippen molar-refractivity contribution < 1.29 is 9.53 Å². The van der Waals surface area contributed by atoms with E-state index in [1.165, 1.54) is 32.1 Å². The molecule has 2 atom stereocenters. The first-order chi connectivity index (χ1) is 11.7. The molecular formula is C20H28N2O2. The van der Waals surface area contributed by atoms with Crippen molar-refractivity contribution >= 4 is 5.91 Å². The number of nitrogens with one attached hydrogen (secondary N) is 1. The molecule has 2 aliphatic heterocycles. The van der Waals surface area contributed by atoms with Gasteiger partial charge < -0.3 is 15.0 Å². The SMILES string of the molecule is CN1C2CCCC1CC(NC(=O)c1ccccc1OCC1CC1)C2. The number of fused-ring (bicyclic) bond motifs is 2. The molecule has 1 amide bonds. The molecule has 1 saturated carbocycles. The summed E-state index contributed by atoms with van der Waals surface area (Å²) >= 11 is 0. The van der Waals surface area contributed by atoms with Crippen LogP contribution in [0.4, 0.5) is 0 Å². The Labute approximate surface area is 144 Å². The van der Waals surface area contributed by atoms with E-state index in [1.54, 1.807) is 0 Å². The number of nitrogens with zero attached hydrogens (tertiary/aromatic N) is 1. The lowest BCUT2D eigenvalue weighted by atomic mass is 9.82. The van der Waals surface area contributed by atoms with E-state index in [1.807, 2.05) is 24.3 Å². The molecule has 4 rings (SSSR count). The second-order valence-electron chi connectivity index (χ2n) is 7.80. The largest absolute Gasteiger partial charge is 0.492 e. The van der Waals surface area contributed by atoms with Gasteiger partial charge in [-0.25, -0.2) is 0 Å². The second-order valence-corrected chi connectivity index (χ2v) is 7.80. The van der Waals surface area contributed by atoms with Gasteiger partial charge in [-0.05, 0) is 63.6 Å². The molecule has 0 spiro atoms. The van der Waals surface area contributed by atoms with Crippen LogP contribution in [0.2, 0.25) is 0 Å². The number of para-hydroxylation sites is 1. The van der Waals surface area contributed by atoms with E-state index in [0.29, 0.717) is 29.6 Å². The highest BCUT2D eigenvalue weighted by molar-refractivity contribution is 5.97. The minimum absolute atomic E-state index is 0.0222. The average molecular weight is 328 g/mol. The Bertz CT molecular complexity index is 585. The van der Waals surface area contributed by atoms with Crippen LogP contribution in [0.15, 0.2) is 24.3 Å². The minimum Gasteiger partial charge on any atom is -0.492 e. The number of benzene rings is 1. The predicted octanol–water partition coefficient (Wildman–Crippen LogP) is 3.22. The maximum atomic E-state index is 12.8. The normalized spacial score (nSPS) is 30.0. The van der Waals surface area contributed by atoms with E-state index >= 15 is 0 Å². The third-order valence-electron chi connectivity index (χ3n) is 5.98. The van der Waals surface area contributed by atoms with Crippen LogP contribution < -0.4 is 10.1 Å². The smallest absolute Gasteiger partial charge is 0.255 e. The second kappa shape index (κ2) is 6.75. The molecule has 2 bridgehead atoms. The van der Waals surface area contributed by atoms with Crippen molar-refractivity contribution in [3.8, 4) is 5.75 Å². The first-order valence-corrected chi connectivity index (χ1v) is 9.45. The van der Waals surface area contributed by atoms with Crippen LogP contribution in [-0.4, -0.2) is 42.6 Å². The molecule has 2 heterocycles. The fraction of sp³-hybridized carbons (Fsp3) is 0.650. The van der Waals surface area contributed by atoms with Gasteiger partial charge in [0.15, 0.2) is 0 Å². The third-order valence-corrected chi connectivity index (χ3v) is 5.98. The molecule has 0 aromatic heterocycles. The topological polar surface area (TPSA) is 41.6 Å². The van der Waals surface area contributed by atoms with Crippen molar-refractivity contribution in [1.82, 2.24) is 10.2 Å². The van der Waals surface area contributed by atoms with Gasteiger partial charge in [0.25, 0.3) is 5.91 Å². The Morgan fingerprint density at radius 3 is 2.58 bits per heavy atom. The number of ether oxygens (including phenoxy) is 1. The predicted molar refractivity (Wildman–Crippen MR) is 94.3 cm³/mol. The van der Waals surface area contributed by atoms with Crippen molar-refractivity contribution in [1.29, 1.82) is 0 Å². The molecule has 1 aliphatic carbocycles. The van der Waals surface area contributed by atoms with Crippen LogP contribution in [0.1, 0.15) is 55.3 Å². The highest BCUT2D eigenvalue weighted by Gasteiger charge is 2.36. The van der Waals surface area contributed by atoms with E-state index in [9.17, 15) is 4.79 Å².